The summed E-state index contributed by atoms with van der Waals surface area (Å²) in [6, 6.07) is 10.2. The van der Waals surface area contributed by atoms with Crippen LogP contribution >= 0.6 is 23.1 Å². The molecule has 2 rings (SSSR count). The lowest BCUT2D eigenvalue weighted by Gasteiger charge is -1.99. The number of nitrogens with zero attached hydrogens (tertiary/aromatic N) is 2. The first kappa shape index (κ1) is 12.1. The van der Waals surface area contributed by atoms with Crippen molar-refractivity contribution in [2.24, 2.45) is 5.73 Å². The maximum atomic E-state index is 9.06. The van der Waals surface area contributed by atoms with Crippen LogP contribution in [0, 0.1) is 11.3 Å². The Morgan fingerprint density at radius 1 is 1.41 bits per heavy atom. The Morgan fingerprint density at radius 2 is 2.12 bits per heavy atom. The topological polar surface area (TPSA) is 62.7 Å². The Kier molecular flexibility index (Phi) is 3.79. The van der Waals surface area contributed by atoms with E-state index in [4.69, 9.17) is 11.0 Å². The summed E-state index contributed by atoms with van der Waals surface area (Å²) in [7, 11) is 0. The third-order valence-corrected chi connectivity index (χ3v) is 4.04. The Labute approximate surface area is 108 Å². The number of thioether (sulfide) groups is 1. The second kappa shape index (κ2) is 5.32. The molecular formula is C12H11N3S2. The average molecular weight is 261 g/mol. The van der Waals surface area contributed by atoms with E-state index in [1.165, 1.54) is 16.2 Å². The van der Waals surface area contributed by atoms with Crippen molar-refractivity contribution in [3.8, 4) is 17.3 Å². The van der Waals surface area contributed by atoms with E-state index in [2.05, 4.69) is 11.1 Å². The number of rotatable bonds is 3. The summed E-state index contributed by atoms with van der Waals surface area (Å²) < 4.78 is 0. The van der Waals surface area contributed by atoms with Crippen LogP contribution in [0.15, 0.2) is 29.2 Å². The van der Waals surface area contributed by atoms with Gasteiger partial charge in [0.05, 0.1) is 5.69 Å². The first-order chi connectivity index (χ1) is 8.28. The highest BCUT2D eigenvalue weighted by molar-refractivity contribution is 7.98. The summed E-state index contributed by atoms with van der Waals surface area (Å²) in [6.07, 6.45) is 2.03. The van der Waals surface area contributed by atoms with Gasteiger partial charge in [0.25, 0.3) is 0 Å². The molecule has 5 heteroatoms. The van der Waals surface area contributed by atoms with Crippen LogP contribution in [0.5, 0.6) is 0 Å². The van der Waals surface area contributed by atoms with Crippen LogP contribution in [-0.4, -0.2) is 11.2 Å². The summed E-state index contributed by atoms with van der Waals surface area (Å²) >= 11 is 3.05. The van der Waals surface area contributed by atoms with Crippen LogP contribution < -0.4 is 5.73 Å². The van der Waals surface area contributed by atoms with Crippen LogP contribution in [0.3, 0.4) is 0 Å². The van der Waals surface area contributed by atoms with E-state index in [-0.39, 0.29) is 0 Å². The van der Waals surface area contributed by atoms with Gasteiger partial charge >= 0.3 is 0 Å². The van der Waals surface area contributed by atoms with Gasteiger partial charge in [0.2, 0.25) is 0 Å². The molecule has 0 aliphatic heterocycles. The van der Waals surface area contributed by atoms with E-state index in [9.17, 15) is 0 Å². The van der Waals surface area contributed by atoms with Crippen molar-refractivity contribution in [3.05, 3.63) is 34.2 Å². The molecular weight excluding hydrogens is 250 g/mol. The van der Waals surface area contributed by atoms with Gasteiger partial charge in [-0.3, -0.25) is 0 Å². The van der Waals surface area contributed by atoms with E-state index >= 15 is 0 Å². The largest absolute Gasteiger partial charge is 0.325 e. The predicted molar refractivity (Wildman–Crippen MR) is 71.9 cm³/mol. The van der Waals surface area contributed by atoms with Gasteiger partial charge in [0.15, 0.2) is 0 Å². The molecule has 0 spiro atoms. The molecule has 1 aromatic heterocycles. The van der Waals surface area contributed by atoms with Crippen molar-refractivity contribution in [1.29, 1.82) is 5.26 Å². The number of aromatic nitrogens is 1. The van der Waals surface area contributed by atoms with E-state index in [0.29, 0.717) is 11.4 Å². The Hall–Kier alpha value is -1.35. The van der Waals surface area contributed by atoms with Gasteiger partial charge in [0.1, 0.15) is 16.0 Å². The second-order valence-electron chi connectivity index (χ2n) is 3.33. The van der Waals surface area contributed by atoms with Crippen LogP contribution in [0.2, 0.25) is 0 Å². The molecule has 0 atom stereocenters. The molecule has 2 N–H and O–H groups in total. The van der Waals surface area contributed by atoms with Crippen LogP contribution in [-0.2, 0) is 6.54 Å². The first-order valence-corrected chi connectivity index (χ1v) is 7.07. The summed E-state index contributed by atoms with van der Waals surface area (Å²) in [6.45, 7) is 0.377. The summed E-state index contributed by atoms with van der Waals surface area (Å²) in [5.41, 5.74) is 7.25. The lowest BCUT2D eigenvalue weighted by Crippen LogP contribution is -1.94. The molecule has 86 valence electrons. The third-order valence-electron chi connectivity index (χ3n) is 2.31. The molecule has 3 nitrogen and oxygen atoms in total. The fraction of sp³-hybridized carbons (Fsp3) is 0.167. The minimum absolute atomic E-state index is 0.377. The fourth-order valence-corrected chi connectivity index (χ4v) is 2.64. The van der Waals surface area contributed by atoms with Gasteiger partial charge < -0.3 is 5.73 Å². The highest BCUT2D eigenvalue weighted by Crippen LogP contribution is 2.28. The molecule has 1 heterocycles. The van der Waals surface area contributed by atoms with Crippen molar-refractivity contribution in [2.45, 2.75) is 11.4 Å². The standard InChI is InChI=1S/C12H11N3S2/c1-16-9-4-2-8(3-5-9)12-10(6-13)17-11(7-14)15-12/h2-5H,7,14H2,1H3. The van der Waals surface area contributed by atoms with Crippen LogP contribution in [0.1, 0.15) is 9.88 Å². The van der Waals surface area contributed by atoms with Gasteiger partial charge in [-0.05, 0) is 18.4 Å². The number of nitrogens with two attached hydrogens (primary N) is 1. The average Bonchev–Trinajstić information content (AvgIpc) is 2.82. The molecule has 0 aliphatic rings. The van der Waals surface area contributed by atoms with Crippen LogP contribution in [0.25, 0.3) is 11.3 Å². The number of hydrogen-bond donors (Lipinski definition) is 1. The number of thiazole rings is 1. The summed E-state index contributed by atoms with van der Waals surface area (Å²) in [5.74, 6) is 0. The lowest BCUT2D eigenvalue weighted by atomic mass is 10.1. The number of hydrogen-bond acceptors (Lipinski definition) is 5. The normalized spacial score (nSPS) is 10.2. The molecule has 0 amide bonds. The first-order valence-electron chi connectivity index (χ1n) is 5.02. The number of benzene rings is 1. The van der Waals surface area contributed by atoms with Crippen molar-refractivity contribution >= 4 is 23.1 Å². The number of nitriles is 1. The zero-order chi connectivity index (χ0) is 12.3. The Balaban J connectivity index is 2.44. The summed E-state index contributed by atoms with van der Waals surface area (Å²) in [4.78, 5) is 6.21. The van der Waals surface area contributed by atoms with Gasteiger partial charge in [0, 0.05) is 17.0 Å². The van der Waals surface area contributed by atoms with Gasteiger partial charge in [-0.1, -0.05) is 12.1 Å². The van der Waals surface area contributed by atoms with E-state index < -0.39 is 0 Å². The third kappa shape index (κ3) is 2.50. The van der Waals surface area contributed by atoms with Gasteiger partial charge in [-0.15, -0.1) is 23.1 Å². The van der Waals surface area contributed by atoms with E-state index in [1.807, 2.05) is 30.5 Å². The molecule has 2 aromatic rings. The minimum Gasteiger partial charge on any atom is -0.325 e. The van der Waals surface area contributed by atoms with Crippen molar-refractivity contribution < 1.29 is 0 Å². The molecule has 0 saturated heterocycles. The maximum absolute atomic E-state index is 9.06. The zero-order valence-corrected chi connectivity index (χ0v) is 10.9. The Bertz CT molecular complexity index is 552. The van der Waals surface area contributed by atoms with E-state index in [0.717, 1.165) is 16.3 Å². The van der Waals surface area contributed by atoms with Crippen molar-refractivity contribution in [1.82, 2.24) is 4.98 Å². The minimum atomic E-state index is 0.377. The fourth-order valence-electron chi connectivity index (χ4n) is 1.47. The van der Waals surface area contributed by atoms with Gasteiger partial charge in [-0.2, -0.15) is 5.26 Å². The highest BCUT2D eigenvalue weighted by Gasteiger charge is 2.11. The van der Waals surface area contributed by atoms with Crippen molar-refractivity contribution in [3.63, 3.8) is 0 Å². The Morgan fingerprint density at radius 3 is 2.65 bits per heavy atom. The maximum Gasteiger partial charge on any atom is 0.132 e. The SMILES string of the molecule is CSc1ccc(-c2nc(CN)sc2C#N)cc1. The molecule has 0 unspecified atom stereocenters. The smallest absolute Gasteiger partial charge is 0.132 e. The molecule has 17 heavy (non-hydrogen) atoms. The molecule has 1 aromatic carbocycles. The van der Waals surface area contributed by atoms with E-state index in [1.54, 1.807) is 11.8 Å². The quantitative estimate of drug-likeness (QED) is 0.863. The summed E-state index contributed by atoms with van der Waals surface area (Å²) in [5, 5.41) is 9.86. The molecule has 0 radical (unpaired) electrons. The molecule has 0 bridgehead atoms. The molecule has 0 fully saturated rings. The molecule has 0 saturated carbocycles. The van der Waals surface area contributed by atoms with Crippen LogP contribution in [0.4, 0.5) is 0 Å². The molecule has 0 aliphatic carbocycles. The zero-order valence-electron chi connectivity index (χ0n) is 9.30. The monoisotopic (exact) mass is 261 g/mol. The highest BCUT2D eigenvalue weighted by atomic mass is 32.2. The van der Waals surface area contributed by atoms with Crippen molar-refractivity contribution in [2.75, 3.05) is 6.26 Å². The predicted octanol–water partition coefficient (Wildman–Crippen LogP) is 2.86. The lowest BCUT2D eigenvalue weighted by molar-refractivity contribution is 1.04. The second-order valence-corrected chi connectivity index (χ2v) is 5.29. The van der Waals surface area contributed by atoms with Gasteiger partial charge in [-0.25, -0.2) is 4.98 Å².